The molecular formula is C11H19NSi. The lowest BCUT2D eigenvalue weighted by atomic mass is 10.4. The van der Waals surface area contributed by atoms with E-state index >= 15 is 0 Å². The minimum atomic E-state index is -1.39. The smallest absolute Gasteiger partial charge is 0.151 e. The van der Waals surface area contributed by atoms with E-state index in [0.717, 1.165) is 0 Å². The predicted octanol–water partition coefficient (Wildman–Crippen LogP) is 2.10. The van der Waals surface area contributed by atoms with E-state index in [4.69, 9.17) is 0 Å². The van der Waals surface area contributed by atoms with Gasteiger partial charge in [0.2, 0.25) is 0 Å². The Bertz CT molecular complexity index is 254. The maximum Gasteiger partial charge on any atom is 0.151 e. The summed E-state index contributed by atoms with van der Waals surface area (Å²) in [6.45, 7) is 9.11. The molecule has 0 amide bonds. The van der Waals surface area contributed by atoms with Gasteiger partial charge in [-0.15, -0.1) is 0 Å². The van der Waals surface area contributed by atoms with Crippen LogP contribution in [0.15, 0.2) is 30.3 Å². The van der Waals surface area contributed by atoms with Gasteiger partial charge in [0.05, 0.1) is 0 Å². The van der Waals surface area contributed by atoms with Crippen LogP contribution in [0.1, 0.15) is 13.8 Å². The average Bonchev–Trinajstić information content (AvgIpc) is 2.04. The molecular weight excluding hydrogens is 174 g/mol. The van der Waals surface area contributed by atoms with E-state index < -0.39 is 8.24 Å². The van der Waals surface area contributed by atoms with E-state index in [1.165, 1.54) is 5.19 Å². The molecule has 0 radical (unpaired) electrons. The Morgan fingerprint density at radius 2 is 1.62 bits per heavy atom. The fraction of sp³-hybridized carbons (Fsp3) is 0.455. The quantitative estimate of drug-likeness (QED) is 0.725. The molecule has 0 heterocycles. The lowest BCUT2D eigenvalue weighted by molar-refractivity contribution is 0.738. The van der Waals surface area contributed by atoms with Crippen LogP contribution in [0.2, 0.25) is 13.1 Å². The summed E-state index contributed by atoms with van der Waals surface area (Å²) in [7, 11) is -1.39. The SMILES string of the molecule is CC(C)N[Si](C)(C)c1ccccc1. The Balaban J connectivity index is 2.81. The highest BCUT2D eigenvalue weighted by Crippen LogP contribution is 2.00. The van der Waals surface area contributed by atoms with Crippen molar-refractivity contribution in [3.8, 4) is 0 Å². The largest absolute Gasteiger partial charge is 0.332 e. The Labute approximate surface area is 82.3 Å². The van der Waals surface area contributed by atoms with Crippen LogP contribution < -0.4 is 10.2 Å². The van der Waals surface area contributed by atoms with E-state index in [9.17, 15) is 0 Å². The summed E-state index contributed by atoms with van der Waals surface area (Å²) in [5, 5.41) is 1.48. The van der Waals surface area contributed by atoms with Crippen LogP contribution in [-0.4, -0.2) is 14.3 Å². The van der Waals surface area contributed by atoms with Gasteiger partial charge in [-0.2, -0.15) is 0 Å². The summed E-state index contributed by atoms with van der Waals surface area (Å²) in [5.74, 6) is 0. The summed E-state index contributed by atoms with van der Waals surface area (Å²) in [6.07, 6.45) is 0. The lowest BCUT2D eigenvalue weighted by Gasteiger charge is -2.26. The van der Waals surface area contributed by atoms with E-state index in [1.807, 2.05) is 0 Å². The van der Waals surface area contributed by atoms with Crippen molar-refractivity contribution in [3.05, 3.63) is 30.3 Å². The zero-order valence-electron chi connectivity index (χ0n) is 8.96. The molecule has 72 valence electrons. The van der Waals surface area contributed by atoms with E-state index in [1.54, 1.807) is 0 Å². The van der Waals surface area contributed by atoms with Gasteiger partial charge in [0, 0.05) is 0 Å². The zero-order chi connectivity index (χ0) is 9.90. The Kier molecular flexibility index (Phi) is 3.28. The van der Waals surface area contributed by atoms with Gasteiger partial charge in [0.1, 0.15) is 0 Å². The van der Waals surface area contributed by atoms with Crippen molar-refractivity contribution in [1.82, 2.24) is 4.98 Å². The Morgan fingerprint density at radius 1 is 1.08 bits per heavy atom. The second kappa shape index (κ2) is 4.07. The monoisotopic (exact) mass is 193 g/mol. The van der Waals surface area contributed by atoms with Crippen LogP contribution in [0.5, 0.6) is 0 Å². The molecule has 1 aromatic rings. The van der Waals surface area contributed by atoms with Gasteiger partial charge in [0.15, 0.2) is 8.24 Å². The van der Waals surface area contributed by atoms with Gasteiger partial charge in [0.25, 0.3) is 0 Å². The third kappa shape index (κ3) is 2.97. The first-order valence-corrected chi connectivity index (χ1v) is 7.85. The van der Waals surface area contributed by atoms with Gasteiger partial charge >= 0.3 is 0 Å². The standard InChI is InChI=1S/C11H19NSi/c1-10(2)12-13(3,4)11-8-6-5-7-9-11/h5-10,12H,1-4H3. The molecule has 0 spiro atoms. The van der Waals surface area contributed by atoms with Gasteiger partial charge in [-0.25, -0.2) is 0 Å². The molecule has 0 saturated heterocycles. The lowest BCUT2D eigenvalue weighted by Crippen LogP contribution is -2.57. The maximum absolute atomic E-state index is 3.67. The molecule has 1 N–H and O–H groups in total. The van der Waals surface area contributed by atoms with Crippen LogP contribution in [0.4, 0.5) is 0 Å². The summed E-state index contributed by atoms with van der Waals surface area (Å²) in [4.78, 5) is 3.67. The van der Waals surface area contributed by atoms with Crippen LogP contribution in [0, 0.1) is 0 Å². The highest BCUT2D eigenvalue weighted by Gasteiger charge is 2.23. The van der Waals surface area contributed by atoms with Gasteiger partial charge in [-0.3, -0.25) is 0 Å². The molecule has 0 aliphatic heterocycles. The van der Waals surface area contributed by atoms with E-state index in [2.05, 4.69) is 62.3 Å². The second-order valence-corrected chi connectivity index (χ2v) is 8.41. The highest BCUT2D eigenvalue weighted by molar-refractivity contribution is 6.87. The van der Waals surface area contributed by atoms with Crippen molar-refractivity contribution in [2.24, 2.45) is 0 Å². The summed E-state index contributed by atoms with van der Waals surface area (Å²) < 4.78 is 0. The predicted molar refractivity (Wildman–Crippen MR) is 61.8 cm³/mol. The second-order valence-electron chi connectivity index (χ2n) is 4.29. The molecule has 0 unspecified atom stereocenters. The van der Waals surface area contributed by atoms with Crippen LogP contribution in [0.3, 0.4) is 0 Å². The molecule has 0 fully saturated rings. The van der Waals surface area contributed by atoms with E-state index in [0.29, 0.717) is 6.04 Å². The number of benzene rings is 1. The molecule has 1 rings (SSSR count). The summed E-state index contributed by atoms with van der Waals surface area (Å²) in [6, 6.07) is 11.3. The average molecular weight is 193 g/mol. The van der Waals surface area contributed by atoms with Crippen LogP contribution in [-0.2, 0) is 0 Å². The normalized spacial score (nSPS) is 12.1. The number of hydrogen-bond acceptors (Lipinski definition) is 1. The first-order chi connectivity index (χ1) is 6.02. The topological polar surface area (TPSA) is 12.0 Å². The molecule has 1 aromatic carbocycles. The molecule has 13 heavy (non-hydrogen) atoms. The molecule has 0 atom stereocenters. The van der Waals surface area contributed by atoms with Gasteiger partial charge in [-0.05, 0) is 11.2 Å². The van der Waals surface area contributed by atoms with Crippen molar-refractivity contribution in [3.63, 3.8) is 0 Å². The Hall–Kier alpha value is -0.603. The molecule has 0 aromatic heterocycles. The molecule has 2 heteroatoms. The molecule has 0 bridgehead atoms. The number of nitrogens with one attached hydrogen (secondary N) is 1. The molecule has 1 nitrogen and oxygen atoms in total. The fourth-order valence-electron chi connectivity index (χ4n) is 1.66. The number of hydrogen-bond donors (Lipinski definition) is 1. The van der Waals surface area contributed by atoms with Crippen LogP contribution in [0.25, 0.3) is 0 Å². The Morgan fingerprint density at radius 3 is 2.08 bits per heavy atom. The van der Waals surface area contributed by atoms with Crippen molar-refractivity contribution in [2.45, 2.75) is 33.0 Å². The maximum atomic E-state index is 3.67. The molecule has 0 aliphatic carbocycles. The van der Waals surface area contributed by atoms with Gasteiger partial charge in [-0.1, -0.05) is 57.3 Å². The first-order valence-electron chi connectivity index (χ1n) is 4.85. The van der Waals surface area contributed by atoms with Crippen molar-refractivity contribution in [1.29, 1.82) is 0 Å². The van der Waals surface area contributed by atoms with E-state index in [-0.39, 0.29) is 0 Å². The fourth-order valence-corrected chi connectivity index (χ4v) is 4.30. The number of rotatable bonds is 3. The van der Waals surface area contributed by atoms with Crippen molar-refractivity contribution < 1.29 is 0 Å². The molecule has 0 saturated carbocycles. The minimum absolute atomic E-state index is 0.571. The molecule has 0 aliphatic rings. The third-order valence-electron chi connectivity index (χ3n) is 2.14. The van der Waals surface area contributed by atoms with Crippen LogP contribution >= 0.6 is 0 Å². The minimum Gasteiger partial charge on any atom is -0.332 e. The van der Waals surface area contributed by atoms with Crippen molar-refractivity contribution in [2.75, 3.05) is 0 Å². The summed E-state index contributed by atoms with van der Waals surface area (Å²) >= 11 is 0. The highest BCUT2D eigenvalue weighted by atomic mass is 28.3. The van der Waals surface area contributed by atoms with Crippen molar-refractivity contribution >= 4 is 13.4 Å². The first kappa shape index (κ1) is 10.5. The van der Waals surface area contributed by atoms with Gasteiger partial charge < -0.3 is 4.98 Å². The summed E-state index contributed by atoms with van der Waals surface area (Å²) in [5.41, 5.74) is 0. The zero-order valence-corrected chi connectivity index (χ0v) is 9.96. The third-order valence-corrected chi connectivity index (χ3v) is 5.22.